The third kappa shape index (κ3) is 2.51. The molecule has 1 aromatic carbocycles. The van der Waals surface area contributed by atoms with Crippen LogP contribution in [0.25, 0.3) is 22.2 Å². The molecule has 0 radical (unpaired) electrons. The van der Waals surface area contributed by atoms with Crippen LogP contribution in [0.3, 0.4) is 0 Å². The van der Waals surface area contributed by atoms with Crippen molar-refractivity contribution in [1.82, 2.24) is 9.55 Å². The lowest BCUT2D eigenvalue weighted by atomic mass is 10.0. The number of rotatable bonds is 2. The van der Waals surface area contributed by atoms with E-state index in [1.54, 1.807) is 0 Å². The first-order valence-corrected chi connectivity index (χ1v) is 8.05. The highest BCUT2D eigenvalue weighted by molar-refractivity contribution is 5.88. The number of anilines is 1. The van der Waals surface area contributed by atoms with E-state index in [2.05, 4.69) is 21.6 Å². The lowest BCUT2D eigenvalue weighted by Crippen LogP contribution is -2.37. The Bertz CT molecular complexity index is 915. The lowest BCUT2D eigenvalue weighted by Gasteiger charge is -2.29. The van der Waals surface area contributed by atoms with Crippen LogP contribution < -0.4 is 4.90 Å². The van der Waals surface area contributed by atoms with Gasteiger partial charge in [-0.1, -0.05) is 12.1 Å². The number of pyridine rings is 1. The Morgan fingerprint density at radius 1 is 1.12 bits per heavy atom. The van der Waals surface area contributed by atoms with Gasteiger partial charge in [0.15, 0.2) is 0 Å². The number of ether oxygens (including phenoxy) is 1. The number of aryl methyl sites for hydroxylation is 1. The molecule has 2 aromatic heterocycles. The van der Waals surface area contributed by atoms with Crippen molar-refractivity contribution in [2.45, 2.75) is 0 Å². The van der Waals surface area contributed by atoms with E-state index in [9.17, 15) is 0 Å². The summed E-state index contributed by atoms with van der Waals surface area (Å²) in [5.41, 5.74) is 4.93. The standard InChI is InChI=1S/C19H18N4O/c1-22-7-6-17-18(22)12-16(15-4-2-14(13-20)3-5-15)19(21-17)23-8-10-24-11-9-23/h2-7,12H,8-11H2,1H3. The average Bonchev–Trinajstić information content (AvgIpc) is 3.02. The van der Waals surface area contributed by atoms with E-state index < -0.39 is 0 Å². The van der Waals surface area contributed by atoms with E-state index in [1.165, 1.54) is 0 Å². The summed E-state index contributed by atoms with van der Waals surface area (Å²) < 4.78 is 7.56. The van der Waals surface area contributed by atoms with Gasteiger partial charge in [-0.25, -0.2) is 4.98 Å². The highest BCUT2D eigenvalue weighted by atomic mass is 16.5. The van der Waals surface area contributed by atoms with Crippen molar-refractivity contribution in [3.05, 3.63) is 48.2 Å². The van der Waals surface area contributed by atoms with Gasteiger partial charge < -0.3 is 14.2 Å². The molecule has 120 valence electrons. The minimum absolute atomic E-state index is 0.666. The van der Waals surface area contributed by atoms with Crippen molar-refractivity contribution >= 4 is 16.9 Å². The monoisotopic (exact) mass is 318 g/mol. The van der Waals surface area contributed by atoms with Crippen LogP contribution in [-0.4, -0.2) is 35.9 Å². The van der Waals surface area contributed by atoms with Gasteiger partial charge >= 0.3 is 0 Å². The first-order valence-electron chi connectivity index (χ1n) is 8.05. The third-order valence-electron chi connectivity index (χ3n) is 4.48. The zero-order valence-corrected chi connectivity index (χ0v) is 13.6. The van der Waals surface area contributed by atoms with Crippen LogP contribution in [0.2, 0.25) is 0 Å². The van der Waals surface area contributed by atoms with E-state index in [0.717, 1.165) is 54.3 Å². The van der Waals surface area contributed by atoms with Crippen LogP contribution in [0.15, 0.2) is 42.6 Å². The van der Waals surface area contributed by atoms with Crippen LogP contribution >= 0.6 is 0 Å². The molecule has 0 N–H and O–H groups in total. The number of morpholine rings is 1. The first kappa shape index (κ1) is 14.7. The summed E-state index contributed by atoms with van der Waals surface area (Å²) in [6, 6.07) is 14.1. The summed E-state index contributed by atoms with van der Waals surface area (Å²) in [4.78, 5) is 7.20. The fourth-order valence-corrected chi connectivity index (χ4v) is 3.13. The Labute approximate surface area is 140 Å². The van der Waals surface area contributed by atoms with E-state index in [1.807, 2.05) is 43.6 Å². The summed E-state index contributed by atoms with van der Waals surface area (Å²) >= 11 is 0. The molecule has 3 aromatic rings. The van der Waals surface area contributed by atoms with Crippen LogP contribution in [-0.2, 0) is 11.8 Å². The molecule has 1 aliphatic rings. The van der Waals surface area contributed by atoms with E-state index in [-0.39, 0.29) is 0 Å². The predicted octanol–water partition coefficient (Wildman–Crippen LogP) is 2.95. The van der Waals surface area contributed by atoms with Crippen LogP contribution in [0, 0.1) is 11.3 Å². The normalized spacial score (nSPS) is 14.8. The number of fused-ring (bicyclic) bond motifs is 1. The second-order valence-corrected chi connectivity index (χ2v) is 5.98. The molecule has 1 saturated heterocycles. The Morgan fingerprint density at radius 2 is 1.88 bits per heavy atom. The van der Waals surface area contributed by atoms with Crippen molar-refractivity contribution < 1.29 is 4.74 Å². The summed E-state index contributed by atoms with van der Waals surface area (Å²) in [5.74, 6) is 0.988. The van der Waals surface area contributed by atoms with Gasteiger partial charge in [-0.2, -0.15) is 5.26 Å². The maximum absolute atomic E-state index is 9.02. The van der Waals surface area contributed by atoms with Gasteiger partial charge in [-0.15, -0.1) is 0 Å². The summed E-state index contributed by atoms with van der Waals surface area (Å²) in [7, 11) is 2.03. The van der Waals surface area contributed by atoms with Crippen LogP contribution in [0.5, 0.6) is 0 Å². The molecule has 0 saturated carbocycles. The predicted molar refractivity (Wildman–Crippen MR) is 93.9 cm³/mol. The molecule has 0 unspecified atom stereocenters. The second-order valence-electron chi connectivity index (χ2n) is 5.98. The fraction of sp³-hybridized carbons (Fsp3) is 0.263. The maximum atomic E-state index is 9.02. The SMILES string of the molecule is Cn1ccc2nc(N3CCOCC3)c(-c3ccc(C#N)cc3)cc21. The van der Waals surface area contributed by atoms with E-state index >= 15 is 0 Å². The molecule has 0 atom stereocenters. The summed E-state index contributed by atoms with van der Waals surface area (Å²) in [5, 5.41) is 9.02. The largest absolute Gasteiger partial charge is 0.378 e. The Morgan fingerprint density at radius 3 is 2.58 bits per heavy atom. The minimum atomic E-state index is 0.666. The van der Waals surface area contributed by atoms with Gasteiger partial charge in [-0.05, 0) is 29.8 Å². The molecule has 0 aliphatic carbocycles. The zero-order chi connectivity index (χ0) is 16.5. The molecule has 3 heterocycles. The van der Waals surface area contributed by atoms with Gasteiger partial charge in [0.25, 0.3) is 0 Å². The Kier molecular flexibility index (Phi) is 3.68. The Balaban J connectivity index is 1.89. The molecule has 0 bridgehead atoms. The molecule has 0 amide bonds. The topological polar surface area (TPSA) is 54.1 Å². The highest BCUT2D eigenvalue weighted by Crippen LogP contribution is 2.33. The van der Waals surface area contributed by atoms with Crippen molar-refractivity contribution in [1.29, 1.82) is 5.26 Å². The number of nitriles is 1. The van der Waals surface area contributed by atoms with Crippen LogP contribution in [0.1, 0.15) is 5.56 Å². The molecule has 5 heteroatoms. The fourth-order valence-electron chi connectivity index (χ4n) is 3.13. The molecular weight excluding hydrogens is 300 g/mol. The van der Waals surface area contributed by atoms with Gasteiger partial charge in [0.2, 0.25) is 0 Å². The van der Waals surface area contributed by atoms with Gasteiger partial charge in [0, 0.05) is 31.9 Å². The molecule has 24 heavy (non-hydrogen) atoms. The highest BCUT2D eigenvalue weighted by Gasteiger charge is 2.19. The maximum Gasteiger partial charge on any atom is 0.137 e. The molecule has 1 aliphatic heterocycles. The van der Waals surface area contributed by atoms with Gasteiger partial charge in [0.1, 0.15) is 5.82 Å². The molecule has 0 spiro atoms. The number of hydrogen-bond acceptors (Lipinski definition) is 4. The lowest BCUT2D eigenvalue weighted by molar-refractivity contribution is 0.122. The Hall–Kier alpha value is -2.84. The quantitative estimate of drug-likeness (QED) is 0.729. The number of aromatic nitrogens is 2. The number of nitrogens with zero attached hydrogens (tertiary/aromatic N) is 4. The van der Waals surface area contributed by atoms with E-state index in [4.69, 9.17) is 15.0 Å². The van der Waals surface area contributed by atoms with Crippen molar-refractivity contribution in [3.63, 3.8) is 0 Å². The minimum Gasteiger partial charge on any atom is -0.378 e. The van der Waals surface area contributed by atoms with Crippen LogP contribution in [0.4, 0.5) is 5.82 Å². The van der Waals surface area contributed by atoms with Crippen molar-refractivity contribution in [2.75, 3.05) is 31.2 Å². The number of benzene rings is 1. The average molecular weight is 318 g/mol. The summed E-state index contributed by atoms with van der Waals surface area (Å²) in [6.07, 6.45) is 2.03. The van der Waals surface area contributed by atoms with Crippen molar-refractivity contribution in [3.8, 4) is 17.2 Å². The smallest absolute Gasteiger partial charge is 0.137 e. The molecule has 5 nitrogen and oxygen atoms in total. The molecule has 4 rings (SSSR count). The van der Waals surface area contributed by atoms with Crippen molar-refractivity contribution in [2.24, 2.45) is 7.05 Å². The summed E-state index contributed by atoms with van der Waals surface area (Å²) in [6.45, 7) is 3.13. The van der Waals surface area contributed by atoms with Gasteiger partial charge in [-0.3, -0.25) is 0 Å². The van der Waals surface area contributed by atoms with E-state index in [0.29, 0.717) is 5.56 Å². The zero-order valence-electron chi connectivity index (χ0n) is 13.6. The number of hydrogen-bond donors (Lipinski definition) is 0. The molecular formula is C19H18N4O. The first-order chi connectivity index (χ1) is 11.8. The van der Waals surface area contributed by atoms with Gasteiger partial charge in [0.05, 0.1) is 35.9 Å². The third-order valence-corrected chi connectivity index (χ3v) is 4.48. The second kappa shape index (κ2) is 5.99. The molecule has 1 fully saturated rings.